The van der Waals surface area contributed by atoms with Gasteiger partial charge in [0.2, 0.25) is 5.95 Å². The second kappa shape index (κ2) is 6.53. The maximum absolute atomic E-state index is 11.5. The minimum absolute atomic E-state index is 0.278. The van der Waals surface area contributed by atoms with Gasteiger partial charge in [0.1, 0.15) is 5.82 Å². The molecule has 24 heavy (non-hydrogen) atoms. The Balaban J connectivity index is 1.84. The lowest BCUT2D eigenvalue weighted by Gasteiger charge is -2.27. The Morgan fingerprint density at radius 2 is 2.17 bits per heavy atom. The lowest BCUT2D eigenvalue weighted by Crippen LogP contribution is -2.30. The summed E-state index contributed by atoms with van der Waals surface area (Å²) in [6.45, 7) is 0. The molecule has 2 aromatic rings. The number of nitrogens with one attached hydrogen (secondary N) is 2. The molecule has 0 radical (unpaired) electrons. The van der Waals surface area contributed by atoms with Crippen molar-refractivity contribution in [3.8, 4) is 0 Å². The topological polar surface area (TPSA) is 145 Å². The van der Waals surface area contributed by atoms with E-state index in [1.807, 2.05) is 6.07 Å². The second-order valence-electron chi connectivity index (χ2n) is 5.73. The van der Waals surface area contributed by atoms with Crippen molar-refractivity contribution in [2.24, 2.45) is 5.73 Å². The molecular weight excluding hydrogens is 306 g/mol. The average Bonchev–Trinajstić information content (AvgIpc) is 2.51. The van der Waals surface area contributed by atoms with Crippen molar-refractivity contribution in [3.05, 3.63) is 35.5 Å². The Kier molecular flexibility index (Phi) is 4.28. The van der Waals surface area contributed by atoms with E-state index in [-0.39, 0.29) is 5.56 Å². The number of nitrogen functional groups attached to an aromatic ring is 1. The van der Waals surface area contributed by atoms with Gasteiger partial charge in [-0.05, 0) is 37.5 Å². The van der Waals surface area contributed by atoms with Crippen LogP contribution >= 0.6 is 0 Å². The number of rotatable bonds is 6. The van der Waals surface area contributed by atoms with E-state index >= 15 is 0 Å². The fraction of sp³-hybridized carbons (Fsp3) is 0.250. The highest BCUT2D eigenvalue weighted by Gasteiger charge is 2.21. The third kappa shape index (κ3) is 3.27. The van der Waals surface area contributed by atoms with Crippen LogP contribution in [0.25, 0.3) is 0 Å². The molecular formula is C16H20N7O+. The zero-order valence-electron chi connectivity index (χ0n) is 13.1. The SMILES string of the molecule is NC(=O)c1cnc(Nc2ccc(C=[NH2+])c(N)c2)nc1NC1CCC1. The van der Waals surface area contributed by atoms with Crippen LogP contribution in [0.3, 0.4) is 0 Å². The van der Waals surface area contributed by atoms with Crippen molar-refractivity contribution in [2.45, 2.75) is 25.3 Å². The fourth-order valence-electron chi connectivity index (χ4n) is 2.41. The molecule has 0 bridgehead atoms. The van der Waals surface area contributed by atoms with Crippen molar-refractivity contribution in [1.82, 2.24) is 9.97 Å². The van der Waals surface area contributed by atoms with Crippen LogP contribution in [-0.2, 0) is 0 Å². The van der Waals surface area contributed by atoms with Crippen LogP contribution in [-0.4, -0.2) is 28.1 Å². The van der Waals surface area contributed by atoms with Gasteiger partial charge >= 0.3 is 0 Å². The molecule has 1 aromatic carbocycles. The Bertz CT molecular complexity index is 786. The zero-order valence-corrected chi connectivity index (χ0v) is 13.1. The van der Waals surface area contributed by atoms with Gasteiger partial charge in [-0.2, -0.15) is 4.98 Å². The molecule has 8 N–H and O–H groups in total. The molecule has 124 valence electrons. The van der Waals surface area contributed by atoms with Crippen molar-refractivity contribution in [3.63, 3.8) is 0 Å². The number of hydrogen-bond donors (Lipinski definition) is 5. The van der Waals surface area contributed by atoms with Gasteiger partial charge in [-0.25, -0.2) is 4.98 Å². The summed E-state index contributed by atoms with van der Waals surface area (Å²) >= 11 is 0. The van der Waals surface area contributed by atoms with Gasteiger partial charge in [-0.1, -0.05) is 0 Å². The monoisotopic (exact) mass is 326 g/mol. The second-order valence-corrected chi connectivity index (χ2v) is 5.73. The third-order valence-corrected chi connectivity index (χ3v) is 4.02. The number of primary amides is 1. The molecule has 8 heteroatoms. The van der Waals surface area contributed by atoms with E-state index in [1.54, 1.807) is 12.1 Å². The first-order valence-corrected chi connectivity index (χ1v) is 7.71. The van der Waals surface area contributed by atoms with Crippen LogP contribution in [0.2, 0.25) is 0 Å². The summed E-state index contributed by atoms with van der Waals surface area (Å²) in [5.74, 6) is 0.241. The number of benzene rings is 1. The number of hydrogen-bond acceptors (Lipinski definition) is 6. The lowest BCUT2D eigenvalue weighted by molar-refractivity contribution is -0.104. The molecule has 1 saturated carbocycles. The summed E-state index contributed by atoms with van der Waals surface area (Å²) in [6, 6.07) is 5.67. The van der Waals surface area contributed by atoms with E-state index in [0.717, 1.165) is 24.1 Å². The van der Waals surface area contributed by atoms with E-state index in [9.17, 15) is 4.79 Å². The number of anilines is 4. The van der Waals surface area contributed by atoms with Gasteiger partial charge in [0.05, 0.1) is 11.1 Å². The minimum atomic E-state index is -0.560. The molecule has 1 heterocycles. The van der Waals surface area contributed by atoms with Crippen LogP contribution in [0.1, 0.15) is 35.2 Å². The Morgan fingerprint density at radius 1 is 1.38 bits per heavy atom. The molecule has 1 aliphatic rings. The standard InChI is InChI=1S/C16H19N7O/c17-7-9-4-5-11(6-13(9)18)22-16-20-8-12(14(19)24)15(23-16)21-10-2-1-3-10/h4-8,10,17H,1-3,18H2,(H2,19,24)(H2,20,21,22,23)/p+1. The highest BCUT2D eigenvalue weighted by Crippen LogP contribution is 2.25. The van der Waals surface area contributed by atoms with E-state index in [2.05, 4.69) is 20.6 Å². The first kappa shape index (κ1) is 15.7. The van der Waals surface area contributed by atoms with Crippen LogP contribution in [0.15, 0.2) is 24.4 Å². The molecule has 1 fully saturated rings. The first-order valence-electron chi connectivity index (χ1n) is 7.71. The summed E-state index contributed by atoms with van der Waals surface area (Å²) in [6.07, 6.45) is 6.14. The largest absolute Gasteiger partial charge is 0.398 e. The predicted molar refractivity (Wildman–Crippen MR) is 93.0 cm³/mol. The fourth-order valence-corrected chi connectivity index (χ4v) is 2.41. The first-order chi connectivity index (χ1) is 11.6. The van der Waals surface area contributed by atoms with Crippen LogP contribution in [0, 0.1) is 0 Å². The number of nitrogens with zero attached hydrogens (tertiary/aromatic N) is 2. The van der Waals surface area contributed by atoms with Crippen LogP contribution in [0.5, 0.6) is 0 Å². The number of amides is 1. The lowest BCUT2D eigenvalue weighted by atomic mass is 9.93. The molecule has 0 aliphatic heterocycles. The van der Waals surface area contributed by atoms with Gasteiger partial charge in [0.25, 0.3) is 5.91 Å². The molecule has 3 rings (SSSR count). The van der Waals surface area contributed by atoms with Gasteiger partial charge in [0.15, 0.2) is 6.21 Å². The number of nitrogens with two attached hydrogens (primary N) is 3. The smallest absolute Gasteiger partial charge is 0.254 e. The maximum Gasteiger partial charge on any atom is 0.254 e. The van der Waals surface area contributed by atoms with E-state index in [1.165, 1.54) is 18.8 Å². The third-order valence-electron chi connectivity index (χ3n) is 4.02. The van der Waals surface area contributed by atoms with Gasteiger partial charge in [-0.15, -0.1) is 0 Å². The molecule has 1 amide bonds. The van der Waals surface area contributed by atoms with Crippen molar-refractivity contribution < 1.29 is 10.2 Å². The van der Waals surface area contributed by atoms with Gasteiger partial charge < -0.3 is 22.1 Å². The zero-order chi connectivity index (χ0) is 17.1. The Hall–Kier alpha value is -3.16. The van der Waals surface area contributed by atoms with E-state index in [4.69, 9.17) is 16.9 Å². The molecule has 0 saturated heterocycles. The Morgan fingerprint density at radius 3 is 2.75 bits per heavy atom. The Labute approximate surface area is 139 Å². The molecule has 0 spiro atoms. The number of carbonyl (C=O) groups excluding carboxylic acids is 1. The van der Waals surface area contributed by atoms with E-state index < -0.39 is 5.91 Å². The maximum atomic E-state index is 11.5. The summed E-state index contributed by atoms with van der Waals surface area (Å²) in [7, 11) is 0. The van der Waals surface area contributed by atoms with E-state index in [0.29, 0.717) is 23.5 Å². The van der Waals surface area contributed by atoms with Crippen LogP contribution < -0.4 is 27.5 Å². The van der Waals surface area contributed by atoms with Crippen molar-refractivity contribution in [1.29, 1.82) is 0 Å². The highest BCUT2D eigenvalue weighted by atomic mass is 16.1. The summed E-state index contributed by atoms with van der Waals surface area (Å²) in [5.41, 5.74) is 13.6. The number of carbonyl (C=O) groups is 1. The molecule has 1 aliphatic carbocycles. The molecule has 0 atom stereocenters. The normalized spacial score (nSPS) is 13.8. The minimum Gasteiger partial charge on any atom is -0.398 e. The van der Waals surface area contributed by atoms with Crippen molar-refractivity contribution in [2.75, 3.05) is 16.4 Å². The van der Waals surface area contributed by atoms with Crippen molar-refractivity contribution >= 4 is 35.3 Å². The van der Waals surface area contributed by atoms with Crippen LogP contribution in [0.4, 0.5) is 23.1 Å². The average molecular weight is 326 g/mol. The predicted octanol–water partition coefficient (Wildman–Crippen LogP) is 0.0437. The molecule has 1 aromatic heterocycles. The highest BCUT2D eigenvalue weighted by molar-refractivity contribution is 5.97. The molecule has 0 unspecified atom stereocenters. The number of aromatic nitrogens is 2. The molecule has 8 nitrogen and oxygen atoms in total. The van der Waals surface area contributed by atoms with Gasteiger partial charge in [-0.3, -0.25) is 10.2 Å². The summed E-state index contributed by atoms with van der Waals surface area (Å²) < 4.78 is 0. The van der Waals surface area contributed by atoms with Gasteiger partial charge in [0, 0.05) is 23.6 Å². The summed E-state index contributed by atoms with van der Waals surface area (Å²) in [4.78, 5) is 20.1. The quantitative estimate of drug-likeness (QED) is 0.374. The summed E-state index contributed by atoms with van der Waals surface area (Å²) in [5, 5.41) is 11.8.